The average molecular weight is 263 g/mol. The number of ether oxygens (including phenoxy) is 2. The van der Waals surface area contributed by atoms with E-state index in [9.17, 15) is 9.59 Å². The third-order valence-electron chi connectivity index (χ3n) is 3.16. The van der Waals surface area contributed by atoms with Gasteiger partial charge in [0.15, 0.2) is 5.60 Å². The van der Waals surface area contributed by atoms with Crippen LogP contribution in [-0.4, -0.2) is 37.7 Å². The quantitative estimate of drug-likeness (QED) is 0.648. The van der Waals surface area contributed by atoms with E-state index in [1.165, 1.54) is 0 Å². The number of carbonyl (C=O) groups excluding carboxylic acids is 2. The molecule has 0 saturated heterocycles. The van der Waals surface area contributed by atoms with Crippen molar-refractivity contribution in [1.82, 2.24) is 5.32 Å². The van der Waals surface area contributed by atoms with Gasteiger partial charge in [0.1, 0.15) is 0 Å². The minimum atomic E-state index is -1.15. The highest BCUT2D eigenvalue weighted by Gasteiger charge is 2.42. The highest BCUT2D eigenvalue weighted by molar-refractivity contribution is 5.97. The molecule has 1 aliphatic rings. The third kappa shape index (κ3) is 2.76. The minimum Gasteiger partial charge on any atom is -0.445 e. The van der Waals surface area contributed by atoms with Crippen molar-refractivity contribution in [2.45, 2.75) is 18.9 Å². The van der Waals surface area contributed by atoms with Crippen LogP contribution in [0.5, 0.6) is 0 Å². The van der Waals surface area contributed by atoms with Crippen LogP contribution in [0, 0.1) is 0 Å². The molecule has 102 valence electrons. The minimum absolute atomic E-state index is 0.299. The predicted octanol–water partition coefficient (Wildman–Crippen LogP) is 0.921. The van der Waals surface area contributed by atoms with Gasteiger partial charge in [0.2, 0.25) is 0 Å². The van der Waals surface area contributed by atoms with E-state index in [1.807, 2.05) is 12.1 Å². The summed E-state index contributed by atoms with van der Waals surface area (Å²) in [5.41, 5.74) is 0.215. The molecule has 19 heavy (non-hydrogen) atoms. The van der Waals surface area contributed by atoms with Crippen molar-refractivity contribution >= 4 is 11.9 Å². The first-order valence-corrected chi connectivity index (χ1v) is 6.15. The van der Waals surface area contributed by atoms with E-state index in [-0.39, 0.29) is 5.91 Å². The normalized spacial score (nSPS) is 21.5. The van der Waals surface area contributed by atoms with Gasteiger partial charge in [-0.15, -0.1) is 0 Å². The Bertz CT molecular complexity index is 500. The first-order chi connectivity index (χ1) is 9.07. The number of nitrogens with one attached hydrogen (secondary N) is 1. The smallest absolute Gasteiger partial charge is 0.339 e. The van der Waals surface area contributed by atoms with Crippen molar-refractivity contribution in [1.29, 1.82) is 0 Å². The second-order valence-electron chi connectivity index (χ2n) is 4.70. The molecule has 5 heteroatoms. The standard InChI is InChI=1S/C14H17NO4/c1-14(13(17)15-7-8-18-2)9-10-5-3-4-6-11(10)12(16)19-14/h3-6H,7-9H2,1-2H3,(H,15,17). The van der Waals surface area contributed by atoms with Crippen molar-refractivity contribution in [2.75, 3.05) is 20.3 Å². The number of fused-ring (bicyclic) bond motifs is 1. The maximum absolute atomic E-state index is 12.1. The predicted molar refractivity (Wildman–Crippen MR) is 68.9 cm³/mol. The monoisotopic (exact) mass is 263 g/mol. The molecule has 0 aliphatic carbocycles. The van der Waals surface area contributed by atoms with Gasteiger partial charge < -0.3 is 14.8 Å². The number of esters is 1. The van der Waals surface area contributed by atoms with E-state index in [0.717, 1.165) is 5.56 Å². The molecule has 1 aromatic carbocycles. The summed E-state index contributed by atoms with van der Waals surface area (Å²) in [6.07, 6.45) is 0.383. The van der Waals surface area contributed by atoms with Crippen molar-refractivity contribution < 1.29 is 19.1 Å². The van der Waals surface area contributed by atoms with Crippen molar-refractivity contribution in [3.8, 4) is 0 Å². The number of rotatable bonds is 4. The molecule has 2 rings (SSSR count). The van der Waals surface area contributed by atoms with Gasteiger partial charge in [-0.25, -0.2) is 4.79 Å². The van der Waals surface area contributed by atoms with Gasteiger partial charge in [0, 0.05) is 20.1 Å². The van der Waals surface area contributed by atoms with Crippen molar-refractivity contribution in [3.63, 3.8) is 0 Å². The zero-order valence-electron chi connectivity index (χ0n) is 11.1. The molecule has 1 unspecified atom stereocenters. The SMILES string of the molecule is COCCNC(=O)C1(C)Cc2ccccc2C(=O)O1. The molecule has 0 spiro atoms. The first kappa shape index (κ1) is 13.5. The molecule has 1 aromatic rings. The Labute approximate surface area is 111 Å². The summed E-state index contributed by atoms with van der Waals surface area (Å²) < 4.78 is 10.2. The number of carbonyl (C=O) groups is 2. The summed E-state index contributed by atoms with van der Waals surface area (Å²) in [4.78, 5) is 24.0. The molecule has 0 saturated carbocycles. The topological polar surface area (TPSA) is 64.6 Å². The van der Waals surface area contributed by atoms with E-state index >= 15 is 0 Å². The Morgan fingerprint density at radius 3 is 2.95 bits per heavy atom. The highest BCUT2D eigenvalue weighted by atomic mass is 16.6. The van der Waals surface area contributed by atoms with E-state index in [4.69, 9.17) is 9.47 Å². The van der Waals surface area contributed by atoms with E-state index in [2.05, 4.69) is 5.32 Å². The number of hydrogen-bond acceptors (Lipinski definition) is 4. The molecule has 5 nitrogen and oxygen atoms in total. The fourth-order valence-corrected chi connectivity index (χ4v) is 2.11. The second kappa shape index (κ2) is 5.40. The molecule has 1 N–H and O–H groups in total. The van der Waals surface area contributed by atoms with Gasteiger partial charge in [-0.05, 0) is 18.6 Å². The highest BCUT2D eigenvalue weighted by Crippen LogP contribution is 2.28. The van der Waals surface area contributed by atoms with Gasteiger partial charge >= 0.3 is 5.97 Å². The van der Waals surface area contributed by atoms with Gasteiger partial charge in [0.25, 0.3) is 5.91 Å². The van der Waals surface area contributed by atoms with Crippen LogP contribution in [0.3, 0.4) is 0 Å². The largest absolute Gasteiger partial charge is 0.445 e. The zero-order chi connectivity index (χ0) is 13.9. The molecule has 1 atom stereocenters. The molecule has 0 aromatic heterocycles. The molecule has 0 bridgehead atoms. The third-order valence-corrected chi connectivity index (χ3v) is 3.16. The Morgan fingerprint density at radius 2 is 2.21 bits per heavy atom. The van der Waals surface area contributed by atoms with E-state index < -0.39 is 11.6 Å². The van der Waals surface area contributed by atoms with Crippen LogP contribution in [0.4, 0.5) is 0 Å². The van der Waals surface area contributed by atoms with Gasteiger partial charge in [-0.3, -0.25) is 4.79 Å². The lowest BCUT2D eigenvalue weighted by molar-refractivity contribution is -0.139. The zero-order valence-corrected chi connectivity index (χ0v) is 11.1. The van der Waals surface area contributed by atoms with Crippen LogP contribution in [0.25, 0.3) is 0 Å². The summed E-state index contributed by atoms with van der Waals surface area (Å²) in [5, 5.41) is 2.70. The number of benzene rings is 1. The number of methoxy groups -OCH3 is 1. The lowest BCUT2D eigenvalue weighted by Crippen LogP contribution is -2.52. The van der Waals surface area contributed by atoms with Crippen molar-refractivity contribution in [3.05, 3.63) is 35.4 Å². The number of hydrogen-bond donors (Lipinski definition) is 1. The Kier molecular flexibility index (Phi) is 3.85. The van der Waals surface area contributed by atoms with Gasteiger partial charge in [-0.2, -0.15) is 0 Å². The summed E-state index contributed by atoms with van der Waals surface area (Å²) >= 11 is 0. The van der Waals surface area contributed by atoms with Gasteiger partial charge in [0.05, 0.1) is 12.2 Å². The molecule has 0 radical (unpaired) electrons. The van der Waals surface area contributed by atoms with Crippen LogP contribution in [0.1, 0.15) is 22.8 Å². The Morgan fingerprint density at radius 1 is 1.47 bits per heavy atom. The molecular weight excluding hydrogens is 246 g/mol. The fourth-order valence-electron chi connectivity index (χ4n) is 2.11. The van der Waals surface area contributed by atoms with Crippen LogP contribution < -0.4 is 5.32 Å². The molecule has 1 aliphatic heterocycles. The maximum Gasteiger partial charge on any atom is 0.339 e. The number of cyclic esters (lactones) is 1. The van der Waals surface area contributed by atoms with Crippen LogP contribution in [0.2, 0.25) is 0 Å². The molecular formula is C14H17NO4. The lowest BCUT2D eigenvalue weighted by Gasteiger charge is -2.33. The first-order valence-electron chi connectivity index (χ1n) is 6.15. The van der Waals surface area contributed by atoms with Crippen LogP contribution in [-0.2, 0) is 20.7 Å². The maximum atomic E-state index is 12.1. The van der Waals surface area contributed by atoms with Crippen molar-refractivity contribution in [2.24, 2.45) is 0 Å². The number of amides is 1. The average Bonchev–Trinajstić information content (AvgIpc) is 2.38. The summed E-state index contributed by atoms with van der Waals surface area (Å²) in [6.45, 7) is 2.44. The molecule has 1 heterocycles. The van der Waals surface area contributed by atoms with E-state index in [1.54, 1.807) is 26.2 Å². The summed E-state index contributed by atoms with van der Waals surface area (Å²) in [5.74, 6) is -0.751. The molecule has 1 amide bonds. The Balaban J connectivity index is 2.14. The van der Waals surface area contributed by atoms with Gasteiger partial charge in [-0.1, -0.05) is 18.2 Å². The summed E-state index contributed by atoms with van der Waals surface area (Å²) in [7, 11) is 1.56. The summed E-state index contributed by atoms with van der Waals surface area (Å²) in [6, 6.07) is 7.18. The van der Waals surface area contributed by atoms with Crippen LogP contribution >= 0.6 is 0 Å². The lowest BCUT2D eigenvalue weighted by atomic mass is 9.89. The Hall–Kier alpha value is -1.88. The van der Waals surface area contributed by atoms with E-state index in [0.29, 0.717) is 25.1 Å². The van der Waals surface area contributed by atoms with Crippen LogP contribution in [0.15, 0.2) is 24.3 Å². The second-order valence-corrected chi connectivity index (χ2v) is 4.70. The molecule has 0 fully saturated rings. The fraction of sp³-hybridized carbons (Fsp3) is 0.429.